The SMILES string of the molecule is CCC(C)N(C)C(=O)/C=C/c1cc(Cl)c(OC)c(OC)c1. The van der Waals surface area contributed by atoms with Crippen molar-refractivity contribution in [1.82, 2.24) is 4.90 Å². The Morgan fingerprint density at radius 1 is 1.38 bits per heavy atom. The molecule has 1 rings (SSSR count). The molecule has 1 atom stereocenters. The molecule has 0 aliphatic carbocycles. The van der Waals surface area contributed by atoms with E-state index in [1.54, 1.807) is 37.3 Å². The van der Waals surface area contributed by atoms with E-state index in [2.05, 4.69) is 0 Å². The van der Waals surface area contributed by atoms with E-state index in [1.165, 1.54) is 13.2 Å². The summed E-state index contributed by atoms with van der Waals surface area (Å²) in [6.45, 7) is 4.06. The number of carbonyl (C=O) groups excluding carboxylic acids is 1. The second kappa shape index (κ2) is 7.93. The van der Waals surface area contributed by atoms with E-state index in [9.17, 15) is 4.79 Å². The van der Waals surface area contributed by atoms with Crippen molar-refractivity contribution in [2.45, 2.75) is 26.3 Å². The molecule has 21 heavy (non-hydrogen) atoms. The number of amides is 1. The van der Waals surface area contributed by atoms with Gasteiger partial charge in [0.1, 0.15) is 0 Å². The van der Waals surface area contributed by atoms with E-state index in [0.717, 1.165) is 12.0 Å². The molecule has 5 heteroatoms. The van der Waals surface area contributed by atoms with E-state index in [4.69, 9.17) is 21.1 Å². The zero-order chi connectivity index (χ0) is 16.0. The number of nitrogens with zero attached hydrogens (tertiary/aromatic N) is 1. The van der Waals surface area contributed by atoms with Crippen LogP contribution in [0.25, 0.3) is 6.08 Å². The number of ether oxygens (including phenoxy) is 2. The molecular formula is C16H22ClNO3. The third kappa shape index (κ3) is 4.39. The van der Waals surface area contributed by atoms with Crippen LogP contribution in [-0.2, 0) is 4.79 Å². The van der Waals surface area contributed by atoms with E-state index < -0.39 is 0 Å². The third-order valence-corrected chi connectivity index (χ3v) is 3.75. The van der Waals surface area contributed by atoms with Gasteiger partial charge in [0, 0.05) is 19.2 Å². The molecule has 116 valence electrons. The largest absolute Gasteiger partial charge is 0.493 e. The fourth-order valence-electron chi connectivity index (χ4n) is 1.81. The Bertz CT molecular complexity index is 528. The van der Waals surface area contributed by atoms with E-state index in [0.29, 0.717) is 16.5 Å². The molecule has 0 heterocycles. The first-order chi connectivity index (χ1) is 9.94. The van der Waals surface area contributed by atoms with E-state index in [1.807, 2.05) is 13.8 Å². The zero-order valence-corrected chi connectivity index (χ0v) is 13.9. The molecule has 0 aliphatic rings. The monoisotopic (exact) mass is 311 g/mol. The van der Waals surface area contributed by atoms with Crippen molar-refractivity contribution in [1.29, 1.82) is 0 Å². The highest BCUT2D eigenvalue weighted by atomic mass is 35.5. The Balaban J connectivity index is 2.95. The molecule has 0 aromatic heterocycles. The van der Waals surface area contributed by atoms with Gasteiger partial charge in [0.25, 0.3) is 0 Å². The third-order valence-electron chi connectivity index (χ3n) is 3.47. The average molecular weight is 312 g/mol. The molecule has 0 saturated heterocycles. The van der Waals surface area contributed by atoms with Gasteiger partial charge in [0.2, 0.25) is 5.91 Å². The maximum absolute atomic E-state index is 12.0. The fraction of sp³-hybridized carbons (Fsp3) is 0.438. The van der Waals surface area contributed by atoms with Gasteiger partial charge in [0.15, 0.2) is 11.5 Å². The lowest BCUT2D eigenvalue weighted by molar-refractivity contribution is -0.126. The van der Waals surface area contributed by atoms with Gasteiger partial charge < -0.3 is 14.4 Å². The number of rotatable bonds is 6. The summed E-state index contributed by atoms with van der Waals surface area (Å²) < 4.78 is 10.4. The summed E-state index contributed by atoms with van der Waals surface area (Å²) in [4.78, 5) is 13.7. The molecule has 0 bridgehead atoms. The second-order valence-corrected chi connectivity index (χ2v) is 5.19. The summed E-state index contributed by atoms with van der Waals surface area (Å²) in [5.41, 5.74) is 0.781. The Labute approximate surface area is 131 Å². The van der Waals surface area contributed by atoms with Gasteiger partial charge in [-0.05, 0) is 37.1 Å². The van der Waals surface area contributed by atoms with Crippen LogP contribution >= 0.6 is 11.6 Å². The van der Waals surface area contributed by atoms with Gasteiger partial charge in [-0.1, -0.05) is 18.5 Å². The van der Waals surface area contributed by atoms with E-state index >= 15 is 0 Å². The molecule has 1 amide bonds. The van der Waals surface area contributed by atoms with Crippen LogP contribution in [0.2, 0.25) is 5.02 Å². The number of benzene rings is 1. The minimum atomic E-state index is -0.0461. The molecule has 0 aliphatic heterocycles. The predicted molar refractivity (Wildman–Crippen MR) is 86.1 cm³/mol. The first kappa shape index (κ1) is 17.4. The van der Waals surface area contributed by atoms with Gasteiger partial charge in [0.05, 0.1) is 19.2 Å². The smallest absolute Gasteiger partial charge is 0.246 e. The van der Waals surface area contributed by atoms with Gasteiger partial charge in [-0.15, -0.1) is 0 Å². The van der Waals surface area contributed by atoms with Crippen molar-refractivity contribution >= 4 is 23.6 Å². The van der Waals surface area contributed by atoms with Crippen LogP contribution in [0.5, 0.6) is 11.5 Å². The van der Waals surface area contributed by atoms with Crippen LogP contribution in [0.3, 0.4) is 0 Å². The fourth-order valence-corrected chi connectivity index (χ4v) is 2.11. The van der Waals surface area contributed by atoms with Crippen molar-refractivity contribution in [3.8, 4) is 11.5 Å². The summed E-state index contributed by atoms with van der Waals surface area (Å²) in [7, 11) is 4.87. The molecule has 1 unspecified atom stereocenters. The molecule has 0 N–H and O–H groups in total. The van der Waals surface area contributed by atoms with Crippen molar-refractivity contribution < 1.29 is 14.3 Å². The van der Waals surface area contributed by atoms with Gasteiger partial charge >= 0.3 is 0 Å². The Kier molecular flexibility index (Phi) is 6.56. The first-order valence-electron chi connectivity index (χ1n) is 6.80. The quantitative estimate of drug-likeness (QED) is 0.753. The lowest BCUT2D eigenvalue weighted by atomic mass is 10.1. The zero-order valence-electron chi connectivity index (χ0n) is 13.1. The summed E-state index contributed by atoms with van der Waals surface area (Å²) in [5, 5.41) is 0.444. The van der Waals surface area contributed by atoms with E-state index in [-0.39, 0.29) is 11.9 Å². The van der Waals surface area contributed by atoms with Gasteiger partial charge in [-0.3, -0.25) is 4.79 Å². The number of carbonyl (C=O) groups is 1. The molecule has 0 saturated carbocycles. The highest BCUT2D eigenvalue weighted by molar-refractivity contribution is 6.32. The topological polar surface area (TPSA) is 38.8 Å². The Morgan fingerprint density at radius 2 is 2.05 bits per heavy atom. The summed E-state index contributed by atoms with van der Waals surface area (Å²) in [6, 6.07) is 3.71. The van der Waals surface area contributed by atoms with Crippen molar-refractivity contribution in [2.75, 3.05) is 21.3 Å². The van der Waals surface area contributed by atoms with Crippen molar-refractivity contribution in [2.24, 2.45) is 0 Å². The van der Waals surface area contributed by atoms with Gasteiger partial charge in [-0.25, -0.2) is 0 Å². The van der Waals surface area contributed by atoms with Crippen LogP contribution < -0.4 is 9.47 Å². The Hall–Kier alpha value is -1.68. The normalized spacial score (nSPS) is 12.3. The minimum absolute atomic E-state index is 0.0461. The van der Waals surface area contributed by atoms with Crippen LogP contribution in [-0.4, -0.2) is 38.1 Å². The van der Waals surface area contributed by atoms with Crippen molar-refractivity contribution in [3.63, 3.8) is 0 Å². The first-order valence-corrected chi connectivity index (χ1v) is 7.18. The van der Waals surface area contributed by atoms with Crippen LogP contribution in [0.4, 0.5) is 0 Å². The lowest BCUT2D eigenvalue weighted by Crippen LogP contribution is -2.33. The number of hydrogen-bond acceptors (Lipinski definition) is 3. The molecule has 0 radical (unpaired) electrons. The maximum atomic E-state index is 12.0. The van der Waals surface area contributed by atoms with Crippen LogP contribution in [0, 0.1) is 0 Å². The number of likely N-dealkylation sites (N-methyl/N-ethyl adjacent to an activating group) is 1. The summed E-state index contributed by atoms with van der Waals surface area (Å²) >= 11 is 6.13. The summed E-state index contributed by atoms with van der Waals surface area (Å²) in [5.74, 6) is 0.974. The highest BCUT2D eigenvalue weighted by Gasteiger charge is 2.12. The second-order valence-electron chi connectivity index (χ2n) is 4.78. The van der Waals surface area contributed by atoms with Crippen LogP contribution in [0.1, 0.15) is 25.8 Å². The molecule has 1 aromatic rings. The average Bonchev–Trinajstić information content (AvgIpc) is 2.50. The maximum Gasteiger partial charge on any atom is 0.246 e. The Morgan fingerprint density at radius 3 is 2.57 bits per heavy atom. The molecule has 4 nitrogen and oxygen atoms in total. The number of hydrogen-bond donors (Lipinski definition) is 0. The molecule has 0 spiro atoms. The van der Waals surface area contributed by atoms with Crippen LogP contribution in [0.15, 0.2) is 18.2 Å². The van der Waals surface area contributed by atoms with Crippen molar-refractivity contribution in [3.05, 3.63) is 28.8 Å². The molecule has 1 aromatic carbocycles. The van der Waals surface area contributed by atoms with Gasteiger partial charge in [-0.2, -0.15) is 0 Å². The number of methoxy groups -OCH3 is 2. The molecular weight excluding hydrogens is 290 g/mol. The predicted octanol–water partition coefficient (Wildman–Crippen LogP) is 3.63. The molecule has 0 fully saturated rings. The highest BCUT2D eigenvalue weighted by Crippen LogP contribution is 2.36. The lowest BCUT2D eigenvalue weighted by Gasteiger charge is -2.22. The summed E-state index contributed by atoms with van der Waals surface area (Å²) in [6.07, 6.45) is 4.16. The minimum Gasteiger partial charge on any atom is -0.493 e. The standard InChI is InChI=1S/C16H22ClNO3/c1-6-11(2)18(3)15(19)8-7-12-9-13(17)16(21-5)14(10-12)20-4/h7-11H,6H2,1-5H3/b8-7+. The number of halogens is 1.